The second-order valence-electron chi connectivity index (χ2n) is 4.04. The highest BCUT2D eigenvalue weighted by Crippen LogP contribution is 2.15. The molecule has 0 aliphatic carbocycles. The topological polar surface area (TPSA) is 111 Å². The molecule has 0 aliphatic rings. The molecule has 3 N–H and O–H groups in total. The molecule has 21 heavy (non-hydrogen) atoms. The predicted molar refractivity (Wildman–Crippen MR) is 81.9 cm³/mol. The number of thiocarbonyl (C=S) groups is 1. The van der Waals surface area contributed by atoms with Crippen molar-refractivity contribution in [2.75, 3.05) is 0 Å². The molecule has 9 heteroatoms. The SMILES string of the molecule is NC(=S)NN=Cc1ncc([N+](=O)[O-])n1Cc1ccccc1. The Morgan fingerprint density at radius 2 is 2.24 bits per heavy atom. The van der Waals surface area contributed by atoms with Crippen LogP contribution in [0.4, 0.5) is 5.82 Å². The van der Waals surface area contributed by atoms with Crippen LogP contribution >= 0.6 is 12.2 Å². The molecule has 1 aromatic carbocycles. The summed E-state index contributed by atoms with van der Waals surface area (Å²) in [5.74, 6) is 0.213. The summed E-state index contributed by atoms with van der Waals surface area (Å²) in [7, 11) is 0. The van der Waals surface area contributed by atoms with Gasteiger partial charge in [0.1, 0.15) is 19.0 Å². The first-order chi connectivity index (χ1) is 10.1. The smallest absolute Gasteiger partial charge is 0.343 e. The van der Waals surface area contributed by atoms with Crippen LogP contribution in [0.1, 0.15) is 11.4 Å². The predicted octanol–water partition coefficient (Wildman–Crippen LogP) is 1.01. The lowest BCUT2D eigenvalue weighted by Crippen LogP contribution is -2.24. The molecule has 108 valence electrons. The maximum Gasteiger partial charge on any atom is 0.343 e. The zero-order valence-corrected chi connectivity index (χ0v) is 11.7. The minimum Gasteiger partial charge on any atom is -0.375 e. The van der Waals surface area contributed by atoms with Gasteiger partial charge in [0, 0.05) is 0 Å². The van der Waals surface area contributed by atoms with Crippen molar-refractivity contribution in [2.24, 2.45) is 10.8 Å². The van der Waals surface area contributed by atoms with Crippen LogP contribution in [0.3, 0.4) is 0 Å². The van der Waals surface area contributed by atoms with Crippen LogP contribution in [0.25, 0.3) is 0 Å². The third kappa shape index (κ3) is 3.83. The van der Waals surface area contributed by atoms with E-state index in [9.17, 15) is 10.1 Å². The molecule has 0 amide bonds. The molecule has 2 aromatic rings. The molecule has 0 saturated carbocycles. The quantitative estimate of drug-likeness (QED) is 0.369. The third-order valence-electron chi connectivity index (χ3n) is 2.59. The summed E-state index contributed by atoms with van der Waals surface area (Å²) in [5.41, 5.74) is 8.53. The first-order valence-corrected chi connectivity index (χ1v) is 6.31. The van der Waals surface area contributed by atoms with Gasteiger partial charge in [-0.1, -0.05) is 30.3 Å². The molecule has 0 fully saturated rings. The maximum absolute atomic E-state index is 11.1. The van der Waals surface area contributed by atoms with Crippen molar-refractivity contribution in [1.82, 2.24) is 15.0 Å². The van der Waals surface area contributed by atoms with Gasteiger partial charge in [0.25, 0.3) is 0 Å². The molecule has 2 rings (SSSR count). The van der Waals surface area contributed by atoms with Gasteiger partial charge in [-0.25, -0.2) is 9.55 Å². The molecule has 1 heterocycles. The van der Waals surface area contributed by atoms with E-state index in [4.69, 9.17) is 5.73 Å². The lowest BCUT2D eigenvalue weighted by Gasteiger charge is -2.03. The van der Waals surface area contributed by atoms with E-state index in [1.807, 2.05) is 30.3 Å². The molecule has 0 spiro atoms. The number of rotatable bonds is 5. The Morgan fingerprint density at radius 1 is 1.52 bits per heavy atom. The second-order valence-corrected chi connectivity index (χ2v) is 4.48. The van der Waals surface area contributed by atoms with Crippen LogP contribution in [0.15, 0.2) is 41.6 Å². The number of hydrogen-bond donors (Lipinski definition) is 2. The molecule has 0 atom stereocenters. The minimum absolute atomic E-state index is 0.00177. The summed E-state index contributed by atoms with van der Waals surface area (Å²) >= 11 is 4.61. The van der Waals surface area contributed by atoms with E-state index in [1.165, 1.54) is 17.0 Å². The monoisotopic (exact) mass is 304 g/mol. The van der Waals surface area contributed by atoms with Crippen LogP contribution in [0.5, 0.6) is 0 Å². The van der Waals surface area contributed by atoms with Crippen LogP contribution in [0.2, 0.25) is 0 Å². The van der Waals surface area contributed by atoms with Crippen molar-refractivity contribution in [2.45, 2.75) is 6.54 Å². The first kappa shape index (κ1) is 14.6. The van der Waals surface area contributed by atoms with E-state index in [1.54, 1.807) is 0 Å². The number of hydrazone groups is 1. The van der Waals surface area contributed by atoms with Crippen molar-refractivity contribution in [3.8, 4) is 0 Å². The molecule has 8 nitrogen and oxygen atoms in total. The zero-order chi connectivity index (χ0) is 15.2. The Morgan fingerprint density at radius 3 is 2.86 bits per heavy atom. The Labute approximate surface area is 125 Å². The van der Waals surface area contributed by atoms with Gasteiger partial charge < -0.3 is 15.8 Å². The van der Waals surface area contributed by atoms with Crippen molar-refractivity contribution in [1.29, 1.82) is 0 Å². The summed E-state index contributed by atoms with van der Waals surface area (Å²) < 4.78 is 1.44. The lowest BCUT2D eigenvalue weighted by molar-refractivity contribution is -0.392. The van der Waals surface area contributed by atoms with E-state index in [0.717, 1.165) is 5.56 Å². The summed E-state index contributed by atoms with van der Waals surface area (Å²) in [6.45, 7) is 0.311. The van der Waals surface area contributed by atoms with Crippen LogP contribution in [-0.4, -0.2) is 25.8 Å². The average molecular weight is 304 g/mol. The molecule has 1 aromatic heterocycles. The number of aromatic nitrogens is 2. The summed E-state index contributed by atoms with van der Waals surface area (Å²) in [4.78, 5) is 14.5. The van der Waals surface area contributed by atoms with Crippen LogP contribution in [-0.2, 0) is 6.54 Å². The van der Waals surface area contributed by atoms with Crippen LogP contribution < -0.4 is 11.2 Å². The highest BCUT2D eigenvalue weighted by molar-refractivity contribution is 7.80. The van der Waals surface area contributed by atoms with E-state index in [-0.39, 0.29) is 10.9 Å². The highest BCUT2D eigenvalue weighted by Gasteiger charge is 2.19. The minimum atomic E-state index is -0.492. The first-order valence-electron chi connectivity index (χ1n) is 5.90. The molecule has 0 unspecified atom stereocenters. The molecule has 0 radical (unpaired) electrons. The molecule has 0 bridgehead atoms. The van der Waals surface area contributed by atoms with Gasteiger partial charge in [-0.2, -0.15) is 5.10 Å². The van der Waals surface area contributed by atoms with E-state index >= 15 is 0 Å². The maximum atomic E-state index is 11.1. The van der Waals surface area contributed by atoms with Crippen LogP contribution in [0, 0.1) is 10.1 Å². The second kappa shape index (κ2) is 6.57. The van der Waals surface area contributed by atoms with Crippen molar-refractivity contribution in [3.63, 3.8) is 0 Å². The summed E-state index contributed by atoms with van der Waals surface area (Å²) in [6, 6.07) is 9.34. The van der Waals surface area contributed by atoms with Crippen molar-refractivity contribution in [3.05, 3.63) is 58.0 Å². The van der Waals surface area contributed by atoms with E-state index in [2.05, 4.69) is 27.7 Å². The standard InChI is InChI=1S/C12H12N6O2S/c13-12(21)16-15-6-10-14-7-11(18(19)20)17(10)8-9-4-2-1-3-5-9/h1-7H,8H2,(H3,13,16,21). The van der Waals surface area contributed by atoms with E-state index in [0.29, 0.717) is 12.4 Å². The molecular formula is C12H12N6O2S. The Hall–Kier alpha value is -2.81. The molecule has 0 saturated heterocycles. The van der Waals surface area contributed by atoms with Gasteiger partial charge in [0.05, 0.1) is 0 Å². The average Bonchev–Trinajstić information content (AvgIpc) is 2.83. The molecular weight excluding hydrogens is 292 g/mol. The Kier molecular flexibility index (Phi) is 4.57. The summed E-state index contributed by atoms with van der Waals surface area (Å²) in [6.07, 6.45) is 2.51. The normalized spacial score (nSPS) is 10.7. The van der Waals surface area contributed by atoms with Gasteiger partial charge >= 0.3 is 5.82 Å². The van der Waals surface area contributed by atoms with Crippen molar-refractivity contribution < 1.29 is 4.92 Å². The van der Waals surface area contributed by atoms with Gasteiger partial charge in [-0.15, -0.1) is 0 Å². The number of nitro groups is 1. The Balaban J connectivity index is 2.31. The zero-order valence-electron chi connectivity index (χ0n) is 10.8. The molecule has 0 aliphatic heterocycles. The largest absolute Gasteiger partial charge is 0.375 e. The fraction of sp³-hybridized carbons (Fsp3) is 0.0833. The summed E-state index contributed by atoms with van der Waals surface area (Å²) in [5, 5.41) is 14.8. The Bertz CT molecular complexity index is 682. The highest BCUT2D eigenvalue weighted by atomic mass is 32.1. The number of hydrogen-bond acceptors (Lipinski definition) is 5. The van der Waals surface area contributed by atoms with Gasteiger partial charge in [-0.3, -0.25) is 5.43 Å². The van der Waals surface area contributed by atoms with Gasteiger partial charge in [0.15, 0.2) is 5.11 Å². The number of nitrogens with zero attached hydrogens (tertiary/aromatic N) is 4. The fourth-order valence-electron chi connectivity index (χ4n) is 1.71. The lowest BCUT2D eigenvalue weighted by atomic mass is 10.2. The number of nitrogens with two attached hydrogens (primary N) is 1. The fourth-order valence-corrected chi connectivity index (χ4v) is 1.76. The number of nitrogens with one attached hydrogen (secondary N) is 1. The third-order valence-corrected chi connectivity index (χ3v) is 2.68. The van der Waals surface area contributed by atoms with Crippen molar-refractivity contribution >= 4 is 29.4 Å². The van der Waals surface area contributed by atoms with Gasteiger partial charge in [-0.05, 0) is 22.7 Å². The van der Waals surface area contributed by atoms with Gasteiger partial charge in [0.2, 0.25) is 5.82 Å². The van der Waals surface area contributed by atoms with E-state index < -0.39 is 4.92 Å². The number of benzene rings is 1. The number of imidazole rings is 1.